The van der Waals surface area contributed by atoms with Gasteiger partial charge in [-0.25, -0.2) is 4.79 Å². The Kier molecular flexibility index (Phi) is 3.46. The minimum absolute atomic E-state index is 0.232. The normalized spacial score (nSPS) is 10.6. The van der Waals surface area contributed by atoms with E-state index in [2.05, 4.69) is 4.98 Å². The number of carbonyl (C=O) groups excluding carboxylic acids is 2. The van der Waals surface area contributed by atoms with Crippen LogP contribution >= 0.6 is 0 Å². The number of aryl methyl sites for hydroxylation is 1. The number of carbonyl (C=O) groups is 2. The van der Waals surface area contributed by atoms with Gasteiger partial charge in [-0.05, 0) is 31.0 Å². The Morgan fingerprint density at radius 3 is 2.78 bits per heavy atom. The maximum Gasteiger partial charge on any atom is 0.355 e. The largest absolute Gasteiger partial charge is 0.461 e. The first kappa shape index (κ1) is 12.4. The molecule has 0 aliphatic carbocycles. The number of hydrogen-bond donors (Lipinski definition) is 1. The average Bonchev–Trinajstić information content (AvgIpc) is 2.76. The molecule has 0 spiro atoms. The maximum atomic E-state index is 11.7. The highest BCUT2D eigenvalue weighted by molar-refractivity contribution is 6.08. The minimum atomic E-state index is -0.492. The summed E-state index contributed by atoms with van der Waals surface area (Å²) < 4.78 is 4.93. The molecule has 1 heterocycles. The third-order valence-corrected chi connectivity index (χ3v) is 2.91. The molecule has 0 amide bonds. The molecule has 94 valence electrons. The van der Waals surface area contributed by atoms with E-state index in [4.69, 9.17) is 4.74 Å². The first-order chi connectivity index (χ1) is 8.71. The van der Waals surface area contributed by atoms with Crippen molar-refractivity contribution in [3.63, 3.8) is 0 Å². The SMILES string of the molecule is CCOC(=O)c1[nH]c2ccc(CC)cc2c1C=O. The van der Waals surface area contributed by atoms with Crippen LogP contribution in [-0.4, -0.2) is 23.8 Å². The Balaban J connectivity index is 2.61. The van der Waals surface area contributed by atoms with E-state index in [-0.39, 0.29) is 12.3 Å². The molecule has 1 aromatic carbocycles. The van der Waals surface area contributed by atoms with E-state index in [1.165, 1.54) is 0 Å². The Morgan fingerprint density at radius 1 is 1.39 bits per heavy atom. The van der Waals surface area contributed by atoms with E-state index in [9.17, 15) is 9.59 Å². The van der Waals surface area contributed by atoms with Crippen LogP contribution in [0.4, 0.5) is 0 Å². The molecule has 0 saturated carbocycles. The summed E-state index contributed by atoms with van der Waals surface area (Å²) in [6, 6.07) is 5.78. The van der Waals surface area contributed by atoms with Crippen molar-refractivity contribution in [2.45, 2.75) is 20.3 Å². The summed E-state index contributed by atoms with van der Waals surface area (Å²) in [6.07, 6.45) is 1.58. The standard InChI is InChI=1S/C14H15NO3/c1-3-9-5-6-12-10(7-9)11(8-16)13(15-12)14(17)18-4-2/h5-8,15H,3-4H2,1-2H3. The number of esters is 1. The molecular weight excluding hydrogens is 230 g/mol. The van der Waals surface area contributed by atoms with Crippen LogP contribution in [-0.2, 0) is 11.2 Å². The van der Waals surface area contributed by atoms with Crippen molar-refractivity contribution in [2.75, 3.05) is 6.61 Å². The summed E-state index contributed by atoms with van der Waals surface area (Å²) in [6.45, 7) is 4.06. The number of hydrogen-bond acceptors (Lipinski definition) is 3. The lowest BCUT2D eigenvalue weighted by Gasteiger charge is -1.99. The molecule has 2 rings (SSSR count). The molecule has 0 aliphatic heterocycles. The Bertz CT molecular complexity index is 598. The highest BCUT2D eigenvalue weighted by atomic mass is 16.5. The van der Waals surface area contributed by atoms with E-state index < -0.39 is 5.97 Å². The van der Waals surface area contributed by atoms with Gasteiger partial charge in [-0.15, -0.1) is 0 Å². The summed E-state index contributed by atoms with van der Waals surface area (Å²) in [5, 5.41) is 0.771. The number of aromatic amines is 1. The predicted octanol–water partition coefficient (Wildman–Crippen LogP) is 2.72. The van der Waals surface area contributed by atoms with Gasteiger partial charge < -0.3 is 9.72 Å². The maximum absolute atomic E-state index is 11.7. The van der Waals surface area contributed by atoms with Gasteiger partial charge in [0.2, 0.25) is 0 Å². The second-order valence-electron chi connectivity index (χ2n) is 3.99. The van der Waals surface area contributed by atoms with Crippen molar-refractivity contribution in [3.8, 4) is 0 Å². The van der Waals surface area contributed by atoms with Gasteiger partial charge in [0.1, 0.15) is 5.69 Å². The lowest BCUT2D eigenvalue weighted by Crippen LogP contribution is -2.07. The highest BCUT2D eigenvalue weighted by Crippen LogP contribution is 2.23. The van der Waals surface area contributed by atoms with Crippen molar-refractivity contribution in [2.24, 2.45) is 0 Å². The second-order valence-corrected chi connectivity index (χ2v) is 3.99. The van der Waals surface area contributed by atoms with Crippen molar-refractivity contribution in [1.29, 1.82) is 0 Å². The second kappa shape index (κ2) is 5.04. The quantitative estimate of drug-likeness (QED) is 0.665. The Labute approximate surface area is 105 Å². The van der Waals surface area contributed by atoms with Gasteiger partial charge in [-0.2, -0.15) is 0 Å². The van der Waals surface area contributed by atoms with Crippen LogP contribution in [0.2, 0.25) is 0 Å². The molecule has 0 radical (unpaired) electrons. The number of H-pyrrole nitrogens is 1. The number of rotatable bonds is 4. The summed E-state index contributed by atoms with van der Waals surface area (Å²) in [5.74, 6) is -0.492. The van der Waals surface area contributed by atoms with Gasteiger partial charge in [0.15, 0.2) is 6.29 Å². The molecular formula is C14H15NO3. The summed E-state index contributed by atoms with van der Waals surface area (Å²) in [5.41, 5.74) is 2.51. The number of aldehydes is 1. The molecule has 0 bridgehead atoms. The van der Waals surface area contributed by atoms with Crippen LogP contribution in [0.5, 0.6) is 0 Å². The number of ether oxygens (including phenoxy) is 1. The number of benzene rings is 1. The number of aromatic nitrogens is 1. The molecule has 1 aromatic heterocycles. The number of fused-ring (bicyclic) bond motifs is 1. The molecule has 4 nitrogen and oxygen atoms in total. The molecule has 0 unspecified atom stereocenters. The lowest BCUT2D eigenvalue weighted by atomic mass is 10.1. The molecule has 18 heavy (non-hydrogen) atoms. The van der Waals surface area contributed by atoms with Crippen molar-refractivity contribution >= 4 is 23.2 Å². The highest BCUT2D eigenvalue weighted by Gasteiger charge is 2.18. The molecule has 2 aromatic rings. The molecule has 4 heteroatoms. The molecule has 1 N–H and O–H groups in total. The lowest BCUT2D eigenvalue weighted by molar-refractivity contribution is 0.0518. The van der Waals surface area contributed by atoms with E-state index in [1.54, 1.807) is 6.92 Å². The molecule has 0 aliphatic rings. The van der Waals surface area contributed by atoms with Gasteiger partial charge in [-0.3, -0.25) is 4.79 Å². The third kappa shape index (κ3) is 2.01. The van der Waals surface area contributed by atoms with Crippen LogP contribution in [0.15, 0.2) is 18.2 Å². The Hall–Kier alpha value is -2.10. The van der Waals surface area contributed by atoms with Crippen molar-refractivity contribution in [1.82, 2.24) is 4.98 Å². The monoisotopic (exact) mass is 245 g/mol. The van der Waals surface area contributed by atoms with E-state index in [1.807, 2.05) is 25.1 Å². The molecule has 0 atom stereocenters. The van der Waals surface area contributed by atoms with Gasteiger partial charge in [-0.1, -0.05) is 13.0 Å². The first-order valence-electron chi connectivity index (χ1n) is 5.98. The fourth-order valence-corrected chi connectivity index (χ4v) is 1.97. The average molecular weight is 245 g/mol. The van der Waals surface area contributed by atoms with Crippen LogP contribution in [0.25, 0.3) is 10.9 Å². The molecule has 0 fully saturated rings. The van der Waals surface area contributed by atoms with Crippen LogP contribution in [0, 0.1) is 0 Å². The summed E-state index contributed by atoms with van der Waals surface area (Å²) in [7, 11) is 0. The van der Waals surface area contributed by atoms with E-state index in [0.29, 0.717) is 11.8 Å². The first-order valence-corrected chi connectivity index (χ1v) is 5.98. The molecule has 0 saturated heterocycles. The summed E-state index contributed by atoms with van der Waals surface area (Å²) in [4.78, 5) is 25.9. The fraction of sp³-hybridized carbons (Fsp3) is 0.286. The fourth-order valence-electron chi connectivity index (χ4n) is 1.97. The topological polar surface area (TPSA) is 59.2 Å². The Morgan fingerprint density at radius 2 is 2.17 bits per heavy atom. The van der Waals surface area contributed by atoms with Crippen LogP contribution in [0.1, 0.15) is 40.3 Å². The van der Waals surface area contributed by atoms with Gasteiger partial charge >= 0.3 is 5.97 Å². The van der Waals surface area contributed by atoms with E-state index >= 15 is 0 Å². The van der Waals surface area contributed by atoms with Crippen LogP contribution in [0.3, 0.4) is 0 Å². The van der Waals surface area contributed by atoms with Crippen molar-refractivity contribution < 1.29 is 14.3 Å². The zero-order valence-corrected chi connectivity index (χ0v) is 10.4. The van der Waals surface area contributed by atoms with E-state index in [0.717, 1.165) is 22.9 Å². The van der Waals surface area contributed by atoms with Gasteiger partial charge in [0.05, 0.1) is 12.2 Å². The smallest absolute Gasteiger partial charge is 0.355 e. The zero-order chi connectivity index (χ0) is 13.1. The predicted molar refractivity (Wildman–Crippen MR) is 69.0 cm³/mol. The van der Waals surface area contributed by atoms with Crippen LogP contribution < -0.4 is 0 Å². The van der Waals surface area contributed by atoms with Gasteiger partial charge in [0, 0.05) is 10.9 Å². The number of nitrogens with one attached hydrogen (secondary N) is 1. The van der Waals surface area contributed by atoms with Crippen molar-refractivity contribution in [3.05, 3.63) is 35.0 Å². The third-order valence-electron chi connectivity index (χ3n) is 2.91. The van der Waals surface area contributed by atoms with Gasteiger partial charge in [0.25, 0.3) is 0 Å². The summed E-state index contributed by atoms with van der Waals surface area (Å²) >= 11 is 0. The zero-order valence-electron chi connectivity index (χ0n) is 10.4. The minimum Gasteiger partial charge on any atom is -0.461 e.